The topological polar surface area (TPSA) is 79.9 Å². The number of anilines is 1. The van der Waals surface area contributed by atoms with Gasteiger partial charge in [0, 0.05) is 31.0 Å². The van der Waals surface area contributed by atoms with E-state index in [1.165, 1.54) is 25.7 Å². The zero-order chi connectivity index (χ0) is 24.8. The molecule has 7 nitrogen and oxygen atoms in total. The lowest BCUT2D eigenvalue weighted by atomic mass is 9.83. The molecule has 3 aliphatic rings. The number of hydrogen-bond donors (Lipinski definition) is 0. The Balaban J connectivity index is 1.57. The van der Waals surface area contributed by atoms with Crippen molar-refractivity contribution in [3.8, 4) is 17.3 Å². The molecule has 0 radical (unpaired) electrons. The largest absolute Gasteiger partial charge is 0.374 e. The van der Waals surface area contributed by atoms with Crippen molar-refractivity contribution in [2.24, 2.45) is 11.8 Å². The highest BCUT2D eigenvalue weighted by Gasteiger charge is 2.39. The van der Waals surface area contributed by atoms with Crippen LogP contribution in [0.15, 0.2) is 18.5 Å². The van der Waals surface area contributed by atoms with Crippen molar-refractivity contribution in [3.05, 3.63) is 34.2 Å². The first-order valence-electron chi connectivity index (χ1n) is 13.0. The van der Waals surface area contributed by atoms with Crippen molar-refractivity contribution in [3.63, 3.8) is 0 Å². The zero-order valence-corrected chi connectivity index (χ0v) is 22.0. The van der Waals surface area contributed by atoms with Crippen molar-refractivity contribution < 1.29 is 4.74 Å². The standard InChI is InChI=1S/C27H30Cl2N6O/c1-16-5-7-17(8-6-16)15-35-26-24(18-11-19(28)14-31-13-18)32-20(12-30)23(29)25(26)33-27(35)34-9-10-36-22-4-2-3-21(22)34/h11,13-14,16-17,21-22H,2-10,15H2,1H3/t16-,17-,21-,22-/m1/s1. The van der Waals surface area contributed by atoms with Crippen LogP contribution in [0.5, 0.6) is 0 Å². The van der Waals surface area contributed by atoms with Gasteiger partial charge in [-0.1, -0.05) is 43.0 Å². The second kappa shape index (κ2) is 9.81. The normalized spacial score (nSPS) is 26.2. The molecule has 0 unspecified atom stereocenters. The summed E-state index contributed by atoms with van der Waals surface area (Å²) in [7, 11) is 0. The summed E-state index contributed by atoms with van der Waals surface area (Å²) >= 11 is 13.1. The van der Waals surface area contributed by atoms with Gasteiger partial charge in [-0.25, -0.2) is 9.97 Å². The summed E-state index contributed by atoms with van der Waals surface area (Å²) in [5.41, 5.74) is 3.06. The molecule has 4 heterocycles. The van der Waals surface area contributed by atoms with Crippen LogP contribution in [0.25, 0.3) is 22.3 Å². The number of fused-ring (bicyclic) bond motifs is 2. The maximum absolute atomic E-state index is 9.84. The van der Waals surface area contributed by atoms with E-state index in [0.29, 0.717) is 39.8 Å². The van der Waals surface area contributed by atoms with Gasteiger partial charge in [0.15, 0.2) is 5.69 Å². The Bertz CT molecular complexity index is 1330. The molecule has 0 aromatic carbocycles. The quantitative estimate of drug-likeness (QED) is 0.400. The van der Waals surface area contributed by atoms with E-state index in [0.717, 1.165) is 55.3 Å². The number of ether oxygens (including phenoxy) is 1. The molecule has 3 fully saturated rings. The second-order valence-electron chi connectivity index (χ2n) is 10.6. The third-order valence-corrected chi connectivity index (χ3v) is 8.78. The van der Waals surface area contributed by atoms with Gasteiger partial charge in [0.05, 0.1) is 35.0 Å². The lowest BCUT2D eigenvalue weighted by molar-refractivity contribution is 0.0247. The van der Waals surface area contributed by atoms with E-state index in [-0.39, 0.29) is 11.8 Å². The maximum atomic E-state index is 9.84. The van der Waals surface area contributed by atoms with Crippen molar-refractivity contribution in [1.82, 2.24) is 19.5 Å². The van der Waals surface area contributed by atoms with Crippen LogP contribution in [-0.2, 0) is 11.3 Å². The number of rotatable bonds is 4. The van der Waals surface area contributed by atoms with Crippen LogP contribution in [0.2, 0.25) is 10.0 Å². The van der Waals surface area contributed by atoms with Gasteiger partial charge >= 0.3 is 0 Å². The van der Waals surface area contributed by atoms with Crippen LogP contribution in [0.3, 0.4) is 0 Å². The highest BCUT2D eigenvalue weighted by Crippen LogP contribution is 2.41. The Hall–Kier alpha value is -2.40. The molecule has 1 saturated heterocycles. The van der Waals surface area contributed by atoms with Crippen LogP contribution < -0.4 is 4.90 Å². The van der Waals surface area contributed by atoms with Gasteiger partial charge < -0.3 is 14.2 Å². The predicted molar refractivity (Wildman–Crippen MR) is 141 cm³/mol. The van der Waals surface area contributed by atoms with E-state index in [4.69, 9.17) is 37.9 Å². The van der Waals surface area contributed by atoms with Gasteiger partial charge in [-0.05, 0) is 50.0 Å². The van der Waals surface area contributed by atoms with Crippen molar-refractivity contribution >= 4 is 40.2 Å². The summed E-state index contributed by atoms with van der Waals surface area (Å²) in [6.45, 7) is 4.67. The first kappa shape index (κ1) is 24.0. The molecule has 1 aliphatic heterocycles. The highest BCUT2D eigenvalue weighted by atomic mass is 35.5. The lowest BCUT2D eigenvalue weighted by Crippen LogP contribution is -2.49. The fourth-order valence-electron chi connectivity index (χ4n) is 6.31. The Kier molecular flexibility index (Phi) is 6.53. The first-order chi connectivity index (χ1) is 17.5. The molecule has 2 aliphatic carbocycles. The number of halogens is 2. The molecule has 2 atom stereocenters. The van der Waals surface area contributed by atoms with E-state index in [2.05, 4.69) is 27.4 Å². The van der Waals surface area contributed by atoms with Gasteiger partial charge in [-0.3, -0.25) is 4.98 Å². The lowest BCUT2D eigenvalue weighted by Gasteiger charge is -2.39. The minimum Gasteiger partial charge on any atom is -0.374 e. The average molecular weight is 525 g/mol. The van der Waals surface area contributed by atoms with Gasteiger partial charge in [0.25, 0.3) is 0 Å². The number of aromatic nitrogens is 4. The molecular weight excluding hydrogens is 495 g/mol. The minimum atomic E-state index is 0.169. The van der Waals surface area contributed by atoms with Gasteiger partial charge in [0.1, 0.15) is 16.6 Å². The van der Waals surface area contributed by atoms with Crippen LogP contribution in [-0.4, -0.2) is 44.8 Å². The van der Waals surface area contributed by atoms with Crippen molar-refractivity contribution in [1.29, 1.82) is 5.26 Å². The van der Waals surface area contributed by atoms with E-state index in [9.17, 15) is 5.26 Å². The molecule has 2 saturated carbocycles. The molecular formula is C27H30Cl2N6O. The number of morpholine rings is 1. The van der Waals surface area contributed by atoms with E-state index < -0.39 is 0 Å². The summed E-state index contributed by atoms with van der Waals surface area (Å²) in [6.07, 6.45) is 11.8. The van der Waals surface area contributed by atoms with Crippen LogP contribution in [0.4, 0.5) is 5.95 Å². The van der Waals surface area contributed by atoms with Crippen LogP contribution in [0, 0.1) is 23.2 Å². The Morgan fingerprint density at radius 3 is 2.72 bits per heavy atom. The van der Waals surface area contributed by atoms with Crippen molar-refractivity contribution in [2.75, 3.05) is 18.1 Å². The van der Waals surface area contributed by atoms with Crippen molar-refractivity contribution in [2.45, 2.75) is 70.6 Å². The van der Waals surface area contributed by atoms with Gasteiger partial charge in [-0.2, -0.15) is 5.26 Å². The predicted octanol–water partition coefficient (Wildman–Crippen LogP) is 6.26. The summed E-state index contributed by atoms with van der Waals surface area (Å²) in [5, 5.41) is 10.7. The number of hydrogen-bond acceptors (Lipinski definition) is 6. The molecule has 0 bridgehead atoms. The molecule has 3 aromatic heterocycles. The zero-order valence-electron chi connectivity index (χ0n) is 20.5. The summed E-state index contributed by atoms with van der Waals surface area (Å²) in [5.74, 6) is 2.25. The first-order valence-corrected chi connectivity index (χ1v) is 13.8. The number of imidazole rings is 1. The molecule has 6 rings (SSSR count). The smallest absolute Gasteiger partial charge is 0.207 e. The fourth-order valence-corrected chi connectivity index (χ4v) is 6.70. The fraction of sp³-hybridized carbons (Fsp3) is 0.556. The number of pyridine rings is 2. The third-order valence-electron chi connectivity index (χ3n) is 8.21. The SMILES string of the molecule is C[C@H]1CC[C@H](Cn2c(N3CCO[C@@H]4CCC[C@H]43)nc3c(Cl)c(C#N)nc(-c4cncc(Cl)c4)c32)CC1. The highest BCUT2D eigenvalue weighted by molar-refractivity contribution is 6.36. The maximum Gasteiger partial charge on any atom is 0.207 e. The average Bonchev–Trinajstić information content (AvgIpc) is 3.51. The minimum absolute atomic E-state index is 0.169. The third kappa shape index (κ3) is 4.23. The van der Waals surface area contributed by atoms with Gasteiger partial charge in [-0.15, -0.1) is 0 Å². The Morgan fingerprint density at radius 1 is 1.11 bits per heavy atom. The number of nitriles is 1. The van der Waals surface area contributed by atoms with Crippen LogP contribution >= 0.6 is 23.2 Å². The molecule has 3 aromatic rings. The van der Waals surface area contributed by atoms with E-state index in [1.807, 2.05) is 6.07 Å². The summed E-state index contributed by atoms with van der Waals surface area (Å²) in [6, 6.07) is 4.31. The molecule has 9 heteroatoms. The molecule has 0 spiro atoms. The summed E-state index contributed by atoms with van der Waals surface area (Å²) < 4.78 is 8.44. The van der Waals surface area contributed by atoms with E-state index >= 15 is 0 Å². The molecule has 188 valence electrons. The number of nitrogens with zero attached hydrogens (tertiary/aromatic N) is 6. The second-order valence-corrected chi connectivity index (χ2v) is 11.4. The molecule has 36 heavy (non-hydrogen) atoms. The Labute approximate surface area is 221 Å². The monoisotopic (exact) mass is 524 g/mol. The molecule has 0 N–H and O–H groups in total. The molecule has 0 amide bonds. The summed E-state index contributed by atoms with van der Waals surface area (Å²) in [4.78, 5) is 16.6. The van der Waals surface area contributed by atoms with Gasteiger partial charge in [0.2, 0.25) is 5.95 Å². The Morgan fingerprint density at radius 2 is 1.94 bits per heavy atom. The van der Waals surface area contributed by atoms with Crippen LogP contribution in [0.1, 0.15) is 57.6 Å². The van der Waals surface area contributed by atoms with E-state index in [1.54, 1.807) is 12.4 Å².